The minimum Gasteiger partial charge on any atom is -0.496 e. The van der Waals surface area contributed by atoms with Crippen molar-refractivity contribution in [3.05, 3.63) is 35.9 Å². The van der Waals surface area contributed by atoms with Crippen molar-refractivity contribution in [3.63, 3.8) is 0 Å². The Balaban J connectivity index is 2.43. The highest BCUT2D eigenvalue weighted by Crippen LogP contribution is 2.18. The van der Waals surface area contributed by atoms with Gasteiger partial charge in [-0.2, -0.15) is 0 Å². The molecule has 0 aliphatic heterocycles. The van der Waals surface area contributed by atoms with Crippen molar-refractivity contribution in [1.29, 1.82) is 0 Å². The van der Waals surface area contributed by atoms with Gasteiger partial charge in [0.05, 0.1) is 7.11 Å². The molecular weight excluding hydrogens is 198 g/mol. The SMILES string of the molecule is COc1ccccc1C=CCCNC(C)C. The first-order valence-electron chi connectivity index (χ1n) is 5.77. The normalized spacial score (nSPS) is 11.2. The lowest BCUT2D eigenvalue weighted by Crippen LogP contribution is -2.23. The van der Waals surface area contributed by atoms with E-state index < -0.39 is 0 Å². The van der Waals surface area contributed by atoms with Gasteiger partial charge in [-0.25, -0.2) is 0 Å². The molecule has 88 valence electrons. The third-order valence-corrected chi connectivity index (χ3v) is 2.30. The lowest BCUT2D eigenvalue weighted by molar-refractivity contribution is 0.414. The van der Waals surface area contributed by atoms with Crippen LogP contribution < -0.4 is 10.1 Å². The van der Waals surface area contributed by atoms with E-state index in [2.05, 4.69) is 37.4 Å². The van der Waals surface area contributed by atoms with Gasteiger partial charge in [-0.3, -0.25) is 0 Å². The van der Waals surface area contributed by atoms with E-state index in [9.17, 15) is 0 Å². The number of benzene rings is 1. The molecule has 0 aromatic heterocycles. The number of nitrogens with one attached hydrogen (secondary N) is 1. The maximum Gasteiger partial charge on any atom is 0.126 e. The minimum atomic E-state index is 0.555. The molecule has 0 fully saturated rings. The van der Waals surface area contributed by atoms with Gasteiger partial charge in [-0.1, -0.05) is 44.2 Å². The van der Waals surface area contributed by atoms with Gasteiger partial charge < -0.3 is 10.1 Å². The molecule has 0 aliphatic rings. The summed E-state index contributed by atoms with van der Waals surface area (Å²) >= 11 is 0. The average Bonchev–Trinajstić information content (AvgIpc) is 2.29. The van der Waals surface area contributed by atoms with Gasteiger partial charge in [-0.05, 0) is 19.0 Å². The van der Waals surface area contributed by atoms with E-state index in [4.69, 9.17) is 4.74 Å². The quantitative estimate of drug-likeness (QED) is 0.742. The Morgan fingerprint density at radius 2 is 2.06 bits per heavy atom. The molecule has 2 heteroatoms. The number of hydrogen-bond acceptors (Lipinski definition) is 2. The van der Waals surface area contributed by atoms with Gasteiger partial charge in [0.2, 0.25) is 0 Å². The molecule has 1 N–H and O–H groups in total. The van der Waals surface area contributed by atoms with Crippen molar-refractivity contribution in [3.8, 4) is 5.75 Å². The number of para-hydroxylation sites is 1. The van der Waals surface area contributed by atoms with Crippen LogP contribution in [0.5, 0.6) is 5.75 Å². The molecule has 16 heavy (non-hydrogen) atoms. The molecule has 1 aromatic carbocycles. The van der Waals surface area contributed by atoms with Gasteiger partial charge in [-0.15, -0.1) is 0 Å². The predicted molar refractivity (Wildman–Crippen MR) is 69.8 cm³/mol. The molecule has 1 rings (SSSR count). The first-order valence-corrected chi connectivity index (χ1v) is 5.77. The monoisotopic (exact) mass is 219 g/mol. The molecule has 0 atom stereocenters. The fourth-order valence-electron chi connectivity index (χ4n) is 1.47. The topological polar surface area (TPSA) is 21.3 Å². The second kappa shape index (κ2) is 7.07. The summed E-state index contributed by atoms with van der Waals surface area (Å²) in [5.41, 5.74) is 1.13. The lowest BCUT2D eigenvalue weighted by atomic mass is 10.2. The molecule has 0 amide bonds. The van der Waals surface area contributed by atoms with Crippen molar-refractivity contribution >= 4 is 6.08 Å². The van der Waals surface area contributed by atoms with Crippen LogP contribution in [-0.2, 0) is 0 Å². The van der Waals surface area contributed by atoms with E-state index in [1.807, 2.05) is 18.2 Å². The zero-order valence-corrected chi connectivity index (χ0v) is 10.4. The van der Waals surface area contributed by atoms with Crippen molar-refractivity contribution in [1.82, 2.24) is 5.32 Å². The summed E-state index contributed by atoms with van der Waals surface area (Å²) < 4.78 is 5.27. The van der Waals surface area contributed by atoms with Crippen LogP contribution in [0.4, 0.5) is 0 Å². The molecule has 1 aromatic rings. The summed E-state index contributed by atoms with van der Waals surface area (Å²) in [6.45, 7) is 5.33. The van der Waals surface area contributed by atoms with Crippen molar-refractivity contribution < 1.29 is 4.74 Å². The second-order valence-corrected chi connectivity index (χ2v) is 4.04. The van der Waals surface area contributed by atoms with Crippen molar-refractivity contribution in [2.75, 3.05) is 13.7 Å². The molecule has 0 heterocycles. The number of hydrogen-bond donors (Lipinski definition) is 1. The van der Waals surface area contributed by atoms with Crippen LogP contribution in [0.25, 0.3) is 6.08 Å². The van der Waals surface area contributed by atoms with E-state index in [0.29, 0.717) is 6.04 Å². The molecule has 0 spiro atoms. The van der Waals surface area contributed by atoms with Gasteiger partial charge in [0, 0.05) is 11.6 Å². The maximum atomic E-state index is 5.27. The van der Waals surface area contributed by atoms with Gasteiger partial charge in [0.1, 0.15) is 5.75 Å². The van der Waals surface area contributed by atoms with Crippen LogP contribution in [0.1, 0.15) is 25.8 Å². The summed E-state index contributed by atoms with van der Waals surface area (Å²) in [4.78, 5) is 0. The maximum absolute atomic E-state index is 5.27. The van der Waals surface area contributed by atoms with E-state index in [-0.39, 0.29) is 0 Å². The van der Waals surface area contributed by atoms with Crippen LogP contribution >= 0.6 is 0 Å². The molecule has 0 saturated carbocycles. The predicted octanol–water partition coefficient (Wildman–Crippen LogP) is 3.10. The zero-order chi connectivity index (χ0) is 11.8. The van der Waals surface area contributed by atoms with Crippen LogP contribution in [-0.4, -0.2) is 19.7 Å². The zero-order valence-electron chi connectivity index (χ0n) is 10.4. The van der Waals surface area contributed by atoms with E-state index >= 15 is 0 Å². The average molecular weight is 219 g/mol. The number of rotatable bonds is 6. The fraction of sp³-hybridized carbons (Fsp3) is 0.429. The Labute approximate surface area is 98.3 Å². The molecule has 0 unspecified atom stereocenters. The summed E-state index contributed by atoms with van der Waals surface area (Å²) in [6.07, 6.45) is 5.32. The standard InChI is InChI=1S/C14H21NO/c1-12(2)15-11-7-6-9-13-8-4-5-10-14(13)16-3/h4-6,8-10,12,15H,7,11H2,1-3H3. The second-order valence-electron chi connectivity index (χ2n) is 4.04. The van der Waals surface area contributed by atoms with E-state index in [0.717, 1.165) is 24.3 Å². The molecule has 0 aliphatic carbocycles. The van der Waals surface area contributed by atoms with Crippen LogP contribution in [0.15, 0.2) is 30.3 Å². The Bertz CT molecular complexity index is 331. The summed E-state index contributed by atoms with van der Waals surface area (Å²) in [5, 5.41) is 3.38. The highest BCUT2D eigenvalue weighted by atomic mass is 16.5. The molecule has 0 saturated heterocycles. The highest BCUT2D eigenvalue weighted by Gasteiger charge is 1.95. The van der Waals surface area contributed by atoms with Gasteiger partial charge in [0.25, 0.3) is 0 Å². The minimum absolute atomic E-state index is 0.555. The molecule has 0 bridgehead atoms. The third-order valence-electron chi connectivity index (χ3n) is 2.30. The Hall–Kier alpha value is -1.28. The van der Waals surface area contributed by atoms with Crippen LogP contribution in [0.3, 0.4) is 0 Å². The number of methoxy groups -OCH3 is 1. The third kappa shape index (κ3) is 4.49. The first kappa shape index (κ1) is 12.8. The van der Waals surface area contributed by atoms with E-state index in [1.165, 1.54) is 0 Å². The Morgan fingerprint density at radius 1 is 1.31 bits per heavy atom. The Morgan fingerprint density at radius 3 is 2.75 bits per heavy atom. The first-order chi connectivity index (χ1) is 7.74. The highest BCUT2D eigenvalue weighted by molar-refractivity contribution is 5.56. The Kier molecular flexibility index (Phi) is 5.65. The van der Waals surface area contributed by atoms with Crippen LogP contribution in [0.2, 0.25) is 0 Å². The smallest absolute Gasteiger partial charge is 0.126 e. The lowest BCUT2D eigenvalue weighted by Gasteiger charge is -2.05. The van der Waals surface area contributed by atoms with Gasteiger partial charge >= 0.3 is 0 Å². The molecule has 0 radical (unpaired) electrons. The van der Waals surface area contributed by atoms with Crippen molar-refractivity contribution in [2.45, 2.75) is 26.3 Å². The summed E-state index contributed by atoms with van der Waals surface area (Å²) in [6, 6.07) is 8.60. The summed E-state index contributed by atoms with van der Waals surface area (Å²) in [7, 11) is 1.70. The fourth-order valence-corrected chi connectivity index (χ4v) is 1.47. The largest absolute Gasteiger partial charge is 0.496 e. The number of ether oxygens (including phenoxy) is 1. The van der Waals surface area contributed by atoms with Crippen molar-refractivity contribution in [2.24, 2.45) is 0 Å². The van der Waals surface area contributed by atoms with E-state index in [1.54, 1.807) is 7.11 Å². The molecular formula is C14H21NO. The molecule has 2 nitrogen and oxygen atoms in total. The van der Waals surface area contributed by atoms with Gasteiger partial charge in [0.15, 0.2) is 0 Å². The summed E-state index contributed by atoms with van der Waals surface area (Å²) in [5.74, 6) is 0.926. The van der Waals surface area contributed by atoms with Crippen LogP contribution in [0, 0.1) is 0 Å².